The van der Waals surface area contributed by atoms with Crippen LogP contribution in [-0.2, 0) is 4.79 Å². The second kappa shape index (κ2) is 8.25. The molecule has 32 heavy (non-hydrogen) atoms. The molecule has 7 heteroatoms. The lowest BCUT2D eigenvalue weighted by molar-refractivity contribution is -0.147. The van der Waals surface area contributed by atoms with Crippen LogP contribution in [0, 0.1) is 17.8 Å². The van der Waals surface area contributed by atoms with Crippen molar-refractivity contribution in [2.45, 2.75) is 70.2 Å². The fourth-order valence-electron chi connectivity index (χ4n) is 6.31. The summed E-state index contributed by atoms with van der Waals surface area (Å²) in [7, 11) is 1.61. The van der Waals surface area contributed by atoms with Crippen molar-refractivity contribution in [2.24, 2.45) is 17.8 Å². The summed E-state index contributed by atoms with van der Waals surface area (Å²) in [6.07, 6.45) is 5.48. The number of nitrogens with zero attached hydrogens (tertiary/aromatic N) is 1. The fourth-order valence-corrected chi connectivity index (χ4v) is 6.31. The van der Waals surface area contributed by atoms with E-state index in [1.54, 1.807) is 25.3 Å². The van der Waals surface area contributed by atoms with E-state index < -0.39 is 5.72 Å². The number of hydrogen-bond donors (Lipinski definition) is 2. The number of carbonyl (C=O) groups excluding carboxylic acids is 2. The molecular formula is C25H35N3O4. The quantitative estimate of drug-likeness (QED) is 0.751. The molecule has 4 fully saturated rings. The van der Waals surface area contributed by atoms with E-state index in [1.807, 2.05) is 0 Å². The summed E-state index contributed by atoms with van der Waals surface area (Å²) in [4.78, 5) is 28.6. The second-order valence-electron chi connectivity index (χ2n) is 10.3. The number of amides is 2. The number of hydrogen-bond acceptors (Lipinski definition) is 5. The molecule has 6 rings (SSSR count). The number of fused-ring (bicyclic) bond motifs is 3. The van der Waals surface area contributed by atoms with Crippen LogP contribution >= 0.6 is 0 Å². The number of rotatable bonds is 4. The number of carbonyl (C=O) groups is 2. The molecule has 0 radical (unpaired) electrons. The standard InChI is InChI=1S/C25H35N3O4/c1-15(2)28-10-8-18(9-11-28)26-23(29)21-12-17-5-4-16(21)14-25(17)27-24(30)20-7-6-19(31-3)13-22(20)32-25/h6-7,13,15-18,21H,4-5,8-12,14H2,1-3H3,(H,26,29)(H,27,30)/t16-,17-,21-,25+/m1/s1. The average Bonchev–Trinajstić information content (AvgIpc) is 2.79. The van der Waals surface area contributed by atoms with Crippen LogP contribution in [0.1, 0.15) is 62.7 Å². The minimum absolute atomic E-state index is 0.00899. The van der Waals surface area contributed by atoms with Gasteiger partial charge in [0.15, 0.2) is 5.72 Å². The molecule has 2 aliphatic heterocycles. The van der Waals surface area contributed by atoms with Gasteiger partial charge in [-0.1, -0.05) is 0 Å². The Kier molecular flexibility index (Phi) is 5.56. The van der Waals surface area contributed by atoms with Gasteiger partial charge < -0.3 is 25.0 Å². The molecule has 2 amide bonds. The van der Waals surface area contributed by atoms with Gasteiger partial charge in [0, 0.05) is 49.5 Å². The molecule has 7 nitrogen and oxygen atoms in total. The Hall–Kier alpha value is -2.28. The lowest BCUT2D eigenvalue weighted by Crippen LogP contribution is -2.67. The highest BCUT2D eigenvalue weighted by Gasteiger charge is 2.57. The maximum atomic E-state index is 13.2. The number of piperidine rings is 1. The van der Waals surface area contributed by atoms with E-state index in [1.165, 1.54) is 0 Å². The zero-order valence-corrected chi connectivity index (χ0v) is 19.4. The normalized spacial score (nSPS) is 32.4. The summed E-state index contributed by atoms with van der Waals surface area (Å²) in [5.74, 6) is 1.72. The average molecular weight is 442 g/mol. The molecule has 4 atom stereocenters. The number of benzene rings is 1. The van der Waals surface area contributed by atoms with Crippen LogP contribution in [0.3, 0.4) is 0 Å². The second-order valence-corrected chi connectivity index (χ2v) is 10.3. The zero-order valence-electron chi connectivity index (χ0n) is 19.4. The van der Waals surface area contributed by atoms with Crippen LogP contribution < -0.4 is 20.1 Å². The molecule has 1 aromatic carbocycles. The van der Waals surface area contributed by atoms with Crippen molar-refractivity contribution in [2.75, 3.05) is 20.2 Å². The number of nitrogens with one attached hydrogen (secondary N) is 2. The largest absolute Gasteiger partial charge is 0.497 e. The van der Waals surface area contributed by atoms with Crippen molar-refractivity contribution < 1.29 is 19.1 Å². The van der Waals surface area contributed by atoms with Crippen LogP contribution in [0.4, 0.5) is 0 Å². The monoisotopic (exact) mass is 441 g/mol. The van der Waals surface area contributed by atoms with E-state index in [4.69, 9.17) is 9.47 Å². The van der Waals surface area contributed by atoms with Gasteiger partial charge in [0.2, 0.25) is 5.91 Å². The Morgan fingerprint density at radius 2 is 2.03 bits per heavy atom. The Bertz CT molecular complexity index is 895. The molecule has 2 N–H and O–H groups in total. The van der Waals surface area contributed by atoms with Gasteiger partial charge in [0.05, 0.1) is 12.7 Å². The molecule has 174 valence electrons. The summed E-state index contributed by atoms with van der Waals surface area (Å²) in [6, 6.07) is 6.16. The summed E-state index contributed by atoms with van der Waals surface area (Å²) < 4.78 is 11.8. The topological polar surface area (TPSA) is 79.9 Å². The first-order valence-electron chi connectivity index (χ1n) is 12.1. The van der Waals surface area contributed by atoms with Crippen LogP contribution in [0.15, 0.2) is 18.2 Å². The lowest BCUT2D eigenvalue weighted by Gasteiger charge is -2.55. The highest BCUT2D eigenvalue weighted by molar-refractivity contribution is 5.98. The Labute approximate surface area is 190 Å². The number of ether oxygens (including phenoxy) is 2. The smallest absolute Gasteiger partial charge is 0.258 e. The molecule has 5 aliphatic rings. The van der Waals surface area contributed by atoms with E-state index >= 15 is 0 Å². The van der Waals surface area contributed by atoms with Crippen LogP contribution in [0.2, 0.25) is 0 Å². The van der Waals surface area contributed by atoms with Crippen molar-refractivity contribution in [1.29, 1.82) is 0 Å². The number of methoxy groups -OCH3 is 1. The molecule has 3 aliphatic carbocycles. The third kappa shape index (κ3) is 3.74. The van der Waals surface area contributed by atoms with Crippen LogP contribution in [-0.4, -0.2) is 54.7 Å². The first-order valence-corrected chi connectivity index (χ1v) is 12.1. The van der Waals surface area contributed by atoms with E-state index in [-0.39, 0.29) is 35.6 Å². The minimum atomic E-state index is -0.710. The predicted molar refractivity (Wildman–Crippen MR) is 121 cm³/mol. The van der Waals surface area contributed by atoms with E-state index in [0.29, 0.717) is 29.5 Å². The van der Waals surface area contributed by atoms with Crippen molar-refractivity contribution in [3.8, 4) is 11.5 Å². The maximum Gasteiger partial charge on any atom is 0.258 e. The van der Waals surface area contributed by atoms with Gasteiger partial charge in [-0.3, -0.25) is 9.59 Å². The molecule has 3 saturated carbocycles. The first kappa shape index (κ1) is 21.6. The zero-order chi connectivity index (χ0) is 22.5. The third-order valence-electron chi connectivity index (χ3n) is 8.21. The van der Waals surface area contributed by atoms with Crippen molar-refractivity contribution in [1.82, 2.24) is 15.5 Å². The predicted octanol–water partition coefficient (Wildman–Crippen LogP) is 2.94. The Balaban J connectivity index is 1.26. The maximum absolute atomic E-state index is 13.2. The van der Waals surface area contributed by atoms with Gasteiger partial charge in [0.25, 0.3) is 5.91 Å². The van der Waals surface area contributed by atoms with Gasteiger partial charge in [-0.25, -0.2) is 0 Å². The summed E-state index contributed by atoms with van der Waals surface area (Å²) >= 11 is 0. The molecule has 1 saturated heterocycles. The van der Waals surface area contributed by atoms with Gasteiger partial charge in [-0.2, -0.15) is 0 Å². The number of likely N-dealkylation sites (tertiary alicyclic amines) is 1. The molecule has 2 heterocycles. The van der Waals surface area contributed by atoms with Gasteiger partial charge in [-0.15, -0.1) is 0 Å². The molecule has 2 bridgehead atoms. The Morgan fingerprint density at radius 1 is 1.25 bits per heavy atom. The molecule has 0 aromatic heterocycles. The fraction of sp³-hybridized carbons (Fsp3) is 0.680. The SMILES string of the molecule is COc1ccc2c(c1)O[C@]1(C[C@H]3CC[C@@H]1C[C@H]3C(=O)NC1CCN(C(C)C)CC1)NC2=O. The van der Waals surface area contributed by atoms with Gasteiger partial charge in [0.1, 0.15) is 11.5 Å². The minimum Gasteiger partial charge on any atom is -0.497 e. The molecule has 0 unspecified atom stereocenters. The molecular weight excluding hydrogens is 406 g/mol. The molecule has 1 spiro atoms. The summed E-state index contributed by atoms with van der Waals surface area (Å²) in [5.41, 5.74) is -0.168. The van der Waals surface area contributed by atoms with Crippen LogP contribution in [0.25, 0.3) is 0 Å². The van der Waals surface area contributed by atoms with Crippen molar-refractivity contribution in [3.63, 3.8) is 0 Å². The highest BCUT2D eigenvalue weighted by Crippen LogP contribution is 2.52. The van der Waals surface area contributed by atoms with E-state index in [0.717, 1.165) is 45.2 Å². The van der Waals surface area contributed by atoms with Crippen molar-refractivity contribution in [3.05, 3.63) is 23.8 Å². The van der Waals surface area contributed by atoms with Gasteiger partial charge in [-0.05, 0) is 64.0 Å². The highest BCUT2D eigenvalue weighted by atomic mass is 16.5. The van der Waals surface area contributed by atoms with Gasteiger partial charge >= 0.3 is 0 Å². The third-order valence-corrected chi connectivity index (χ3v) is 8.21. The summed E-state index contributed by atoms with van der Waals surface area (Å²) in [6.45, 7) is 6.55. The first-order chi connectivity index (χ1) is 15.4. The van der Waals surface area contributed by atoms with Crippen LogP contribution in [0.5, 0.6) is 11.5 Å². The van der Waals surface area contributed by atoms with E-state index in [2.05, 4.69) is 29.4 Å². The van der Waals surface area contributed by atoms with Crippen molar-refractivity contribution >= 4 is 11.8 Å². The Morgan fingerprint density at radius 3 is 2.69 bits per heavy atom. The summed E-state index contributed by atoms with van der Waals surface area (Å²) in [5, 5.41) is 6.53. The lowest BCUT2D eigenvalue weighted by atomic mass is 9.60. The van der Waals surface area contributed by atoms with E-state index in [9.17, 15) is 9.59 Å². The molecule has 1 aromatic rings.